The number of fused-ring (bicyclic) bond motifs is 5. The smallest absolute Gasteiger partial charge is 0.244 e. The Labute approximate surface area is 129 Å². The zero-order valence-corrected chi connectivity index (χ0v) is 13.0. The van der Waals surface area contributed by atoms with E-state index in [1.165, 1.54) is 10.4 Å². The van der Waals surface area contributed by atoms with Gasteiger partial charge in [-0.05, 0) is 18.6 Å². The van der Waals surface area contributed by atoms with Gasteiger partial charge in [0.15, 0.2) is 0 Å². The van der Waals surface area contributed by atoms with Gasteiger partial charge in [-0.1, -0.05) is 24.3 Å². The molecule has 2 saturated heterocycles. The van der Waals surface area contributed by atoms with Gasteiger partial charge in [0.1, 0.15) is 11.0 Å². The average Bonchev–Trinajstić information content (AvgIpc) is 3.19. The molecule has 22 heavy (non-hydrogen) atoms. The van der Waals surface area contributed by atoms with Gasteiger partial charge >= 0.3 is 0 Å². The molecule has 0 aromatic heterocycles. The Morgan fingerprint density at radius 1 is 1.23 bits per heavy atom. The number of benzene rings is 1. The first-order valence-corrected chi connectivity index (χ1v) is 8.80. The van der Waals surface area contributed by atoms with Crippen LogP contribution in [0.25, 0.3) is 0 Å². The molecule has 2 fully saturated rings. The second-order valence-electron chi connectivity index (χ2n) is 6.16. The van der Waals surface area contributed by atoms with Gasteiger partial charge in [-0.2, -0.15) is 9.57 Å². The number of rotatable bonds is 2. The number of hydrogen-bond donors (Lipinski definition) is 0. The summed E-state index contributed by atoms with van der Waals surface area (Å²) in [5.74, 6) is 0.472. The summed E-state index contributed by atoms with van der Waals surface area (Å²) < 4.78 is 33.2. The predicted octanol–water partition coefficient (Wildman–Crippen LogP) is 1.44. The van der Waals surface area contributed by atoms with Crippen molar-refractivity contribution in [1.82, 2.24) is 4.31 Å². The van der Waals surface area contributed by atoms with Crippen LogP contribution in [-0.2, 0) is 14.8 Å². The first-order chi connectivity index (χ1) is 10.5. The highest BCUT2D eigenvalue weighted by Crippen LogP contribution is 2.45. The van der Waals surface area contributed by atoms with Gasteiger partial charge in [0.25, 0.3) is 0 Å². The number of sulfonamides is 1. The Balaban J connectivity index is 1.69. The predicted molar refractivity (Wildman–Crippen MR) is 79.4 cm³/mol. The fourth-order valence-electron chi connectivity index (χ4n) is 3.82. The van der Waals surface area contributed by atoms with E-state index in [9.17, 15) is 13.7 Å². The summed E-state index contributed by atoms with van der Waals surface area (Å²) in [5.41, 5.74) is 0.935. The lowest BCUT2D eigenvalue weighted by Crippen LogP contribution is -2.32. The normalized spacial score (nSPS) is 33.1. The monoisotopic (exact) mass is 316 g/mol. The number of aryl methyl sites for hydroxylation is 1. The van der Waals surface area contributed by atoms with Gasteiger partial charge < -0.3 is 4.74 Å². The molecular formula is C16H16N2O3S. The minimum absolute atomic E-state index is 0.0446. The van der Waals surface area contributed by atoms with Crippen LogP contribution in [0.15, 0.2) is 35.2 Å². The Bertz CT molecular complexity index is 789. The van der Waals surface area contributed by atoms with Crippen LogP contribution in [0.2, 0.25) is 0 Å². The van der Waals surface area contributed by atoms with Crippen LogP contribution in [0, 0.1) is 30.1 Å². The van der Waals surface area contributed by atoms with Crippen molar-refractivity contribution in [2.75, 3.05) is 13.1 Å². The van der Waals surface area contributed by atoms with E-state index >= 15 is 0 Å². The summed E-state index contributed by atoms with van der Waals surface area (Å²) in [6.45, 7) is 2.70. The number of hydrogen-bond acceptors (Lipinski definition) is 4. The fraction of sp³-hybridized carbons (Fsp3) is 0.438. The molecule has 5 nitrogen and oxygen atoms in total. The summed E-state index contributed by atoms with van der Waals surface area (Å²) >= 11 is 0. The van der Waals surface area contributed by atoms with Crippen LogP contribution in [0.3, 0.4) is 0 Å². The van der Waals surface area contributed by atoms with E-state index in [1.54, 1.807) is 19.1 Å². The SMILES string of the molecule is Cc1cccc(S(=O)(=O)N2CC3C4C=CC(O4)C3C2)c1C#N. The maximum atomic E-state index is 12.9. The molecule has 0 amide bonds. The van der Waals surface area contributed by atoms with E-state index in [-0.39, 0.29) is 34.5 Å². The number of nitriles is 1. The number of ether oxygens (including phenoxy) is 1. The molecule has 114 valence electrons. The lowest BCUT2D eigenvalue weighted by molar-refractivity contribution is 0.0929. The third kappa shape index (κ3) is 1.80. The second-order valence-corrected chi connectivity index (χ2v) is 8.07. The van der Waals surface area contributed by atoms with Crippen LogP contribution < -0.4 is 0 Å². The summed E-state index contributed by atoms with van der Waals surface area (Å²) in [6.07, 6.45) is 4.16. The van der Waals surface area contributed by atoms with Crippen molar-refractivity contribution in [2.45, 2.75) is 24.0 Å². The van der Waals surface area contributed by atoms with E-state index in [0.717, 1.165) is 0 Å². The molecule has 6 heteroatoms. The molecule has 0 saturated carbocycles. The first kappa shape index (κ1) is 13.9. The molecule has 1 aromatic carbocycles. The van der Waals surface area contributed by atoms with E-state index in [0.29, 0.717) is 18.7 Å². The highest BCUT2D eigenvalue weighted by Gasteiger charge is 2.53. The second kappa shape index (κ2) is 4.66. The maximum Gasteiger partial charge on any atom is 0.244 e. The molecule has 0 N–H and O–H groups in total. The molecule has 3 heterocycles. The van der Waals surface area contributed by atoms with E-state index in [4.69, 9.17) is 4.74 Å². The molecular weight excluding hydrogens is 300 g/mol. The summed E-state index contributed by atoms with van der Waals surface area (Å²) in [7, 11) is -3.64. The zero-order valence-electron chi connectivity index (χ0n) is 12.1. The third-order valence-corrected chi connectivity index (χ3v) is 6.87. The van der Waals surface area contributed by atoms with Gasteiger partial charge in [0, 0.05) is 24.9 Å². The molecule has 1 aromatic rings. The van der Waals surface area contributed by atoms with Gasteiger partial charge in [0.05, 0.1) is 17.8 Å². The number of nitrogens with zero attached hydrogens (tertiary/aromatic N) is 2. The van der Waals surface area contributed by atoms with Gasteiger partial charge in [-0.15, -0.1) is 0 Å². The highest BCUT2D eigenvalue weighted by atomic mass is 32.2. The average molecular weight is 316 g/mol. The largest absolute Gasteiger partial charge is 0.366 e. The first-order valence-electron chi connectivity index (χ1n) is 7.36. The van der Waals surface area contributed by atoms with E-state index in [2.05, 4.69) is 0 Å². The minimum atomic E-state index is -3.64. The lowest BCUT2D eigenvalue weighted by atomic mass is 9.86. The fourth-order valence-corrected chi connectivity index (χ4v) is 5.55. The van der Waals surface area contributed by atoms with Crippen molar-refractivity contribution in [3.63, 3.8) is 0 Å². The van der Waals surface area contributed by atoms with Gasteiger partial charge in [0.2, 0.25) is 10.0 Å². The van der Waals surface area contributed by atoms with Crippen molar-refractivity contribution in [2.24, 2.45) is 11.8 Å². The Morgan fingerprint density at radius 3 is 2.45 bits per heavy atom. The van der Waals surface area contributed by atoms with Crippen LogP contribution in [-0.4, -0.2) is 38.0 Å². The molecule has 4 rings (SSSR count). The van der Waals surface area contributed by atoms with Crippen LogP contribution in [0.1, 0.15) is 11.1 Å². The summed E-state index contributed by atoms with van der Waals surface area (Å²) in [6, 6.07) is 7.00. The summed E-state index contributed by atoms with van der Waals surface area (Å²) in [5, 5.41) is 9.30. The van der Waals surface area contributed by atoms with E-state index in [1.807, 2.05) is 18.2 Å². The molecule has 0 spiro atoms. The van der Waals surface area contributed by atoms with Crippen molar-refractivity contribution in [1.29, 1.82) is 5.26 Å². The third-order valence-electron chi connectivity index (χ3n) is 4.99. The van der Waals surface area contributed by atoms with Crippen molar-refractivity contribution < 1.29 is 13.2 Å². The van der Waals surface area contributed by atoms with Crippen LogP contribution in [0.5, 0.6) is 0 Å². The zero-order chi connectivity index (χ0) is 15.5. The lowest BCUT2D eigenvalue weighted by Gasteiger charge is -2.19. The van der Waals surface area contributed by atoms with Crippen molar-refractivity contribution >= 4 is 10.0 Å². The standard InChI is InChI=1S/C16H16N2O3S/c1-10-3-2-4-16(11(10)7-17)22(19,20)18-8-12-13(9-18)15-6-5-14(12)21-15/h2-6,12-15H,8-9H2,1H3. The molecule has 3 aliphatic heterocycles. The van der Waals surface area contributed by atoms with Gasteiger partial charge in [-0.3, -0.25) is 0 Å². The molecule has 0 radical (unpaired) electrons. The molecule has 2 bridgehead atoms. The molecule has 4 unspecified atom stereocenters. The molecule has 4 atom stereocenters. The molecule has 3 aliphatic rings. The van der Waals surface area contributed by atoms with Crippen molar-refractivity contribution in [3.8, 4) is 6.07 Å². The Hall–Kier alpha value is -1.68. The van der Waals surface area contributed by atoms with Crippen molar-refractivity contribution in [3.05, 3.63) is 41.5 Å². The quantitative estimate of drug-likeness (QED) is 0.774. The molecule has 0 aliphatic carbocycles. The van der Waals surface area contributed by atoms with Crippen LogP contribution >= 0.6 is 0 Å². The van der Waals surface area contributed by atoms with Crippen LogP contribution in [0.4, 0.5) is 0 Å². The van der Waals surface area contributed by atoms with Gasteiger partial charge in [-0.25, -0.2) is 8.42 Å². The Kier molecular flexibility index (Phi) is 2.95. The topological polar surface area (TPSA) is 70.4 Å². The minimum Gasteiger partial charge on any atom is -0.366 e. The Morgan fingerprint density at radius 2 is 1.86 bits per heavy atom. The summed E-state index contributed by atoms with van der Waals surface area (Å²) in [4.78, 5) is 0.121. The van der Waals surface area contributed by atoms with E-state index < -0.39 is 10.0 Å². The maximum absolute atomic E-state index is 12.9. The highest BCUT2D eigenvalue weighted by molar-refractivity contribution is 7.89.